The molecule has 0 fully saturated rings. The molecule has 0 spiro atoms. The van der Waals surface area contributed by atoms with E-state index in [1.165, 1.54) is 12.1 Å². The van der Waals surface area contributed by atoms with Gasteiger partial charge in [0.05, 0.1) is 5.56 Å². The first-order valence-electron chi connectivity index (χ1n) is 3.51. The largest absolute Gasteiger partial charge is 0.507 e. The summed E-state index contributed by atoms with van der Waals surface area (Å²) in [6, 6.07) is 4.39. The number of phenols is 1. The van der Waals surface area contributed by atoms with Gasteiger partial charge in [-0.05, 0) is 12.1 Å². The maximum absolute atomic E-state index is 11.9. The zero-order valence-electron chi connectivity index (χ0n) is 7.37. The molecule has 0 unspecified atom stereocenters. The van der Waals surface area contributed by atoms with Gasteiger partial charge in [-0.25, -0.2) is 0 Å². The second-order valence-corrected chi connectivity index (χ2v) is 6.06. The number of hydrogen-bond donors (Lipinski definition) is 1. The average Bonchev–Trinajstić information content (AvgIpc) is 1.99. The standard InChI is InChI=1S/C7H5F3O.Cl2O2S/c8-7(9,10)5-3-1-2-4-6(5)11;1-5(2,3)4/h1-4,11H;. The molecular weight excluding hydrogens is 292 g/mol. The van der Waals surface area contributed by atoms with Crippen LogP contribution in [0, 0.1) is 0 Å². The van der Waals surface area contributed by atoms with Crippen molar-refractivity contribution in [2.75, 3.05) is 0 Å². The van der Waals surface area contributed by atoms with Crippen molar-refractivity contribution >= 4 is 29.6 Å². The first kappa shape index (κ1) is 15.3. The van der Waals surface area contributed by atoms with E-state index in [0.29, 0.717) is 0 Å². The summed E-state index contributed by atoms with van der Waals surface area (Å²) in [5, 5.41) is 8.73. The van der Waals surface area contributed by atoms with Crippen LogP contribution in [0.2, 0.25) is 0 Å². The zero-order valence-corrected chi connectivity index (χ0v) is 9.70. The smallest absolute Gasteiger partial charge is 0.419 e. The topological polar surface area (TPSA) is 54.4 Å². The molecule has 1 aromatic carbocycles. The molecule has 0 heterocycles. The molecule has 0 atom stereocenters. The lowest BCUT2D eigenvalue weighted by Gasteiger charge is -2.06. The van der Waals surface area contributed by atoms with Crippen molar-refractivity contribution in [3.63, 3.8) is 0 Å². The molecule has 3 nitrogen and oxygen atoms in total. The van der Waals surface area contributed by atoms with Crippen molar-refractivity contribution < 1.29 is 26.7 Å². The molecule has 0 aliphatic rings. The predicted molar refractivity (Wildman–Crippen MR) is 53.7 cm³/mol. The molecule has 16 heavy (non-hydrogen) atoms. The van der Waals surface area contributed by atoms with E-state index in [-0.39, 0.29) is 0 Å². The summed E-state index contributed by atoms with van der Waals surface area (Å²) in [4.78, 5) is 0. The number of benzene rings is 1. The van der Waals surface area contributed by atoms with Gasteiger partial charge in [-0.15, -0.1) is 0 Å². The molecule has 0 aliphatic carbocycles. The van der Waals surface area contributed by atoms with Crippen molar-refractivity contribution in [3.8, 4) is 5.75 Å². The molecule has 0 aromatic heterocycles. The molecule has 0 saturated carbocycles. The van der Waals surface area contributed by atoms with Crippen molar-refractivity contribution in [3.05, 3.63) is 29.8 Å². The minimum atomic E-state index is -4.47. The van der Waals surface area contributed by atoms with Gasteiger partial charge < -0.3 is 5.11 Å². The van der Waals surface area contributed by atoms with E-state index >= 15 is 0 Å². The van der Waals surface area contributed by atoms with Crippen LogP contribution in [0.4, 0.5) is 13.2 Å². The Kier molecular flexibility index (Phi) is 5.37. The second-order valence-electron chi connectivity index (χ2n) is 2.39. The van der Waals surface area contributed by atoms with Gasteiger partial charge >= 0.3 is 14.4 Å². The summed E-state index contributed by atoms with van der Waals surface area (Å²) < 4.78 is 54.0. The minimum Gasteiger partial charge on any atom is -0.507 e. The summed E-state index contributed by atoms with van der Waals surface area (Å²) in [7, 11) is 4.81. The fourth-order valence-corrected chi connectivity index (χ4v) is 0.713. The number of aromatic hydroxyl groups is 1. The van der Waals surface area contributed by atoms with E-state index < -0.39 is 25.8 Å². The molecule has 0 saturated heterocycles. The van der Waals surface area contributed by atoms with Crippen LogP contribution in [0.3, 0.4) is 0 Å². The molecule has 1 N–H and O–H groups in total. The number of para-hydroxylation sites is 1. The summed E-state index contributed by atoms with van der Waals surface area (Å²) in [5.41, 5.74) is -1.000. The van der Waals surface area contributed by atoms with Gasteiger partial charge in [-0.1, -0.05) is 12.1 Å². The van der Waals surface area contributed by atoms with Gasteiger partial charge in [-0.2, -0.15) is 21.6 Å². The van der Waals surface area contributed by atoms with Crippen LogP contribution < -0.4 is 0 Å². The molecule has 9 heteroatoms. The van der Waals surface area contributed by atoms with Gasteiger partial charge in [0.15, 0.2) is 0 Å². The van der Waals surface area contributed by atoms with Crippen LogP contribution >= 0.6 is 21.4 Å². The predicted octanol–water partition coefficient (Wildman–Crippen LogP) is 3.12. The Hall–Kier alpha value is -0.660. The Morgan fingerprint density at radius 2 is 1.50 bits per heavy atom. The van der Waals surface area contributed by atoms with E-state index in [9.17, 15) is 13.2 Å². The lowest BCUT2D eigenvalue weighted by molar-refractivity contribution is -0.138. The van der Waals surface area contributed by atoms with E-state index in [0.717, 1.165) is 12.1 Å². The third-order valence-electron chi connectivity index (χ3n) is 1.21. The molecular formula is C7H5Cl2F3O3S. The third kappa shape index (κ3) is 7.61. The Balaban J connectivity index is 0.000000385. The van der Waals surface area contributed by atoms with Gasteiger partial charge in [0.1, 0.15) is 5.75 Å². The maximum Gasteiger partial charge on any atom is 0.419 e. The van der Waals surface area contributed by atoms with Crippen LogP contribution in [-0.2, 0) is 14.4 Å². The lowest BCUT2D eigenvalue weighted by Crippen LogP contribution is -2.04. The maximum atomic E-state index is 11.9. The molecule has 0 radical (unpaired) electrons. The number of rotatable bonds is 0. The van der Waals surface area contributed by atoms with Gasteiger partial charge in [0.25, 0.3) is 0 Å². The zero-order chi connectivity index (χ0) is 13.0. The Morgan fingerprint density at radius 3 is 1.75 bits per heavy atom. The Morgan fingerprint density at radius 1 is 1.12 bits per heavy atom. The van der Waals surface area contributed by atoms with E-state index in [2.05, 4.69) is 21.4 Å². The Labute approximate surface area is 98.3 Å². The first-order chi connectivity index (χ1) is 7.02. The van der Waals surface area contributed by atoms with Crippen molar-refractivity contribution in [2.24, 2.45) is 0 Å². The fraction of sp³-hybridized carbons (Fsp3) is 0.143. The van der Waals surface area contributed by atoms with Gasteiger partial charge in [-0.3, -0.25) is 0 Å². The number of phenolic OH excluding ortho intramolecular Hbond substituents is 1. The van der Waals surface area contributed by atoms with E-state index in [1.807, 2.05) is 0 Å². The third-order valence-corrected chi connectivity index (χ3v) is 1.21. The monoisotopic (exact) mass is 296 g/mol. The van der Waals surface area contributed by atoms with E-state index in [1.54, 1.807) is 0 Å². The Bertz CT molecular complexity index is 436. The van der Waals surface area contributed by atoms with Crippen LogP contribution in [-0.4, -0.2) is 13.5 Å². The summed E-state index contributed by atoms with van der Waals surface area (Å²) in [6.45, 7) is 0. The lowest BCUT2D eigenvalue weighted by atomic mass is 10.2. The first-order valence-corrected chi connectivity index (χ1v) is 6.65. The second kappa shape index (κ2) is 5.60. The quantitative estimate of drug-likeness (QED) is 0.749. The number of halogens is 5. The fourth-order valence-electron chi connectivity index (χ4n) is 0.713. The molecule has 1 aromatic rings. The number of alkyl halides is 3. The van der Waals surface area contributed by atoms with E-state index in [4.69, 9.17) is 13.5 Å². The molecule has 0 aliphatic heterocycles. The SMILES string of the molecule is O=S(=O)(Cl)Cl.Oc1ccccc1C(F)(F)F. The van der Waals surface area contributed by atoms with Crippen molar-refractivity contribution in [2.45, 2.75) is 6.18 Å². The summed E-state index contributed by atoms with van der Waals surface area (Å²) >= 11 is 0. The minimum absolute atomic E-state index is 0.736. The summed E-state index contributed by atoms with van der Waals surface area (Å²) in [6.07, 6.45) is -4.47. The molecule has 0 amide bonds. The number of hydrogen-bond acceptors (Lipinski definition) is 3. The van der Waals surface area contributed by atoms with Gasteiger partial charge in [0.2, 0.25) is 0 Å². The highest BCUT2D eigenvalue weighted by Crippen LogP contribution is 2.34. The highest BCUT2D eigenvalue weighted by atomic mass is 36.0. The highest BCUT2D eigenvalue weighted by molar-refractivity contribution is 8.31. The average molecular weight is 297 g/mol. The summed E-state index contributed by atoms with van der Waals surface area (Å²) in [5.74, 6) is -0.736. The van der Waals surface area contributed by atoms with Crippen LogP contribution in [0.25, 0.3) is 0 Å². The van der Waals surface area contributed by atoms with Crippen LogP contribution in [0.5, 0.6) is 5.75 Å². The molecule has 0 bridgehead atoms. The van der Waals surface area contributed by atoms with Gasteiger partial charge in [0, 0.05) is 21.4 Å². The van der Waals surface area contributed by atoms with Crippen molar-refractivity contribution in [1.29, 1.82) is 0 Å². The van der Waals surface area contributed by atoms with Crippen LogP contribution in [0.1, 0.15) is 5.56 Å². The normalized spacial score (nSPS) is 11.6. The van der Waals surface area contributed by atoms with Crippen molar-refractivity contribution in [1.82, 2.24) is 0 Å². The van der Waals surface area contributed by atoms with Crippen LogP contribution in [0.15, 0.2) is 24.3 Å². The molecule has 92 valence electrons. The molecule has 1 rings (SSSR count). The highest BCUT2D eigenvalue weighted by Gasteiger charge is 2.33.